The van der Waals surface area contributed by atoms with Crippen LogP contribution >= 0.6 is 0 Å². The van der Waals surface area contributed by atoms with E-state index in [9.17, 15) is 0 Å². The zero-order valence-corrected chi connectivity index (χ0v) is 13.4. The summed E-state index contributed by atoms with van der Waals surface area (Å²) >= 11 is 0. The second-order valence-electron chi connectivity index (χ2n) is 5.49. The molecular formula is C17H25N3O. The molecule has 0 aliphatic carbocycles. The molecule has 1 atom stereocenters. The van der Waals surface area contributed by atoms with Crippen molar-refractivity contribution in [1.82, 2.24) is 4.98 Å². The van der Waals surface area contributed by atoms with Crippen LogP contribution in [-0.4, -0.2) is 31.3 Å². The van der Waals surface area contributed by atoms with Crippen molar-refractivity contribution in [3.8, 4) is 0 Å². The number of hydrogen-bond acceptors (Lipinski definition) is 4. The van der Waals surface area contributed by atoms with Crippen LogP contribution in [0, 0.1) is 6.92 Å². The number of rotatable bonds is 6. The van der Waals surface area contributed by atoms with Crippen molar-refractivity contribution >= 4 is 22.1 Å². The highest BCUT2D eigenvalue weighted by Gasteiger charge is 2.16. The molecule has 2 aromatic rings. The molecule has 0 aliphatic rings. The van der Waals surface area contributed by atoms with Crippen molar-refractivity contribution in [2.75, 3.05) is 30.9 Å². The van der Waals surface area contributed by atoms with Crippen molar-refractivity contribution in [3.63, 3.8) is 0 Å². The third-order valence-electron chi connectivity index (χ3n) is 4.02. The van der Waals surface area contributed by atoms with Crippen molar-refractivity contribution in [1.29, 1.82) is 0 Å². The molecule has 0 spiro atoms. The van der Waals surface area contributed by atoms with E-state index in [1.54, 1.807) is 7.11 Å². The van der Waals surface area contributed by atoms with Gasteiger partial charge in [0.1, 0.15) is 0 Å². The van der Waals surface area contributed by atoms with Crippen LogP contribution < -0.4 is 10.6 Å². The number of nitrogens with two attached hydrogens (primary N) is 1. The number of benzene rings is 1. The minimum Gasteiger partial charge on any atom is -0.398 e. The average Bonchev–Trinajstić information content (AvgIpc) is 2.49. The minimum absolute atomic E-state index is 0.445. The zero-order chi connectivity index (χ0) is 15.4. The summed E-state index contributed by atoms with van der Waals surface area (Å²) < 4.78 is 5.27. The van der Waals surface area contributed by atoms with E-state index in [0.29, 0.717) is 12.6 Å². The van der Waals surface area contributed by atoms with Gasteiger partial charge in [-0.15, -0.1) is 0 Å². The topological polar surface area (TPSA) is 51.4 Å². The van der Waals surface area contributed by atoms with Crippen LogP contribution in [0.25, 0.3) is 10.8 Å². The number of aromatic nitrogens is 1. The summed E-state index contributed by atoms with van der Waals surface area (Å²) in [7, 11) is 1.74. The first-order chi connectivity index (χ1) is 10.1. The second kappa shape index (κ2) is 6.76. The highest BCUT2D eigenvalue weighted by Crippen LogP contribution is 2.32. The number of fused-ring (bicyclic) bond motifs is 1. The predicted octanol–water partition coefficient (Wildman–Crippen LogP) is 3.38. The number of nitrogen functional groups attached to an aromatic ring is 1. The number of anilines is 2. The van der Waals surface area contributed by atoms with Gasteiger partial charge in [0, 0.05) is 53.7 Å². The van der Waals surface area contributed by atoms with Crippen LogP contribution in [0.1, 0.15) is 26.0 Å². The first-order valence-corrected chi connectivity index (χ1v) is 7.48. The van der Waals surface area contributed by atoms with Gasteiger partial charge in [-0.25, -0.2) is 0 Å². The molecular weight excluding hydrogens is 262 g/mol. The fourth-order valence-electron chi connectivity index (χ4n) is 2.59. The lowest BCUT2D eigenvalue weighted by Crippen LogP contribution is -2.35. The lowest BCUT2D eigenvalue weighted by molar-refractivity contribution is 0.203. The Hall–Kier alpha value is -1.81. The highest BCUT2D eigenvalue weighted by molar-refractivity contribution is 6.01. The third kappa shape index (κ3) is 3.27. The number of aryl methyl sites for hydroxylation is 1. The van der Waals surface area contributed by atoms with Crippen molar-refractivity contribution in [3.05, 3.63) is 30.1 Å². The van der Waals surface area contributed by atoms with Gasteiger partial charge in [0.2, 0.25) is 0 Å². The largest absolute Gasteiger partial charge is 0.398 e. The maximum atomic E-state index is 6.10. The number of ether oxygens (including phenoxy) is 1. The zero-order valence-electron chi connectivity index (χ0n) is 13.4. The molecule has 4 nitrogen and oxygen atoms in total. The second-order valence-corrected chi connectivity index (χ2v) is 5.49. The molecule has 1 unspecified atom stereocenters. The van der Waals surface area contributed by atoms with E-state index in [-0.39, 0.29) is 0 Å². The van der Waals surface area contributed by atoms with Gasteiger partial charge < -0.3 is 15.4 Å². The predicted molar refractivity (Wildman–Crippen MR) is 89.9 cm³/mol. The maximum Gasteiger partial charge on any atom is 0.0637 e. The monoisotopic (exact) mass is 287 g/mol. The van der Waals surface area contributed by atoms with Gasteiger partial charge in [0.05, 0.1) is 6.61 Å². The molecule has 2 N–H and O–H groups in total. The van der Waals surface area contributed by atoms with Gasteiger partial charge in [-0.1, -0.05) is 6.92 Å². The Labute approximate surface area is 126 Å². The van der Waals surface area contributed by atoms with Gasteiger partial charge in [-0.2, -0.15) is 0 Å². The first-order valence-electron chi connectivity index (χ1n) is 7.48. The van der Waals surface area contributed by atoms with Crippen LogP contribution in [0.2, 0.25) is 0 Å². The Bertz CT molecular complexity index is 612. The molecule has 1 heterocycles. The maximum absolute atomic E-state index is 6.10. The van der Waals surface area contributed by atoms with Gasteiger partial charge in [-0.3, -0.25) is 4.98 Å². The van der Waals surface area contributed by atoms with Crippen molar-refractivity contribution < 1.29 is 4.74 Å². The summed E-state index contributed by atoms with van der Waals surface area (Å²) in [5.41, 5.74) is 9.09. The Morgan fingerprint density at radius 3 is 2.76 bits per heavy atom. The molecule has 0 aliphatic heterocycles. The molecule has 4 heteroatoms. The van der Waals surface area contributed by atoms with E-state index in [1.807, 2.05) is 19.2 Å². The smallest absolute Gasteiger partial charge is 0.0637 e. The lowest BCUT2D eigenvalue weighted by atomic mass is 10.1. The van der Waals surface area contributed by atoms with Crippen molar-refractivity contribution in [2.24, 2.45) is 0 Å². The summed E-state index contributed by atoms with van der Waals surface area (Å²) in [5.74, 6) is 0. The molecule has 0 saturated carbocycles. The van der Waals surface area contributed by atoms with Gasteiger partial charge in [0.25, 0.3) is 0 Å². The first kappa shape index (κ1) is 15.6. The highest BCUT2D eigenvalue weighted by atomic mass is 16.5. The fourth-order valence-corrected chi connectivity index (χ4v) is 2.59. The van der Waals surface area contributed by atoms with E-state index in [1.165, 1.54) is 11.1 Å². The number of methoxy groups -OCH3 is 1. The van der Waals surface area contributed by atoms with Crippen LogP contribution in [0.3, 0.4) is 0 Å². The normalized spacial score (nSPS) is 12.6. The molecule has 0 saturated heterocycles. The third-order valence-corrected chi connectivity index (χ3v) is 4.02. The fraction of sp³-hybridized carbons (Fsp3) is 0.471. The van der Waals surface area contributed by atoms with Crippen molar-refractivity contribution in [2.45, 2.75) is 33.2 Å². The molecule has 21 heavy (non-hydrogen) atoms. The SMILES string of the molecule is CCC(C)N(CCOC)c1ccc(N)c2cnc(C)cc12. The molecule has 1 aromatic carbocycles. The molecule has 0 fully saturated rings. The molecule has 1 aromatic heterocycles. The molecule has 114 valence electrons. The number of nitrogens with zero attached hydrogens (tertiary/aromatic N) is 2. The molecule has 0 radical (unpaired) electrons. The Kier molecular flexibility index (Phi) is 5.02. The van der Waals surface area contributed by atoms with E-state index in [0.717, 1.165) is 29.7 Å². The Morgan fingerprint density at radius 1 is 1.33 bits per heavy atom. The molecule has 0 amide bonds. The molecule has 0 bridgehead atoms. The molecule has 2 rings (SSSR count). The van der Waals surface area contributed by atoms with E-state index < -0.39 is 0 Å². The van der Waals surface area contributed by atoms with E-state index in [2.05, 4.69) is 35.9 Å². The summed E-state index contributed by atoms with van der Waals surface area (Å²) in [4.78, 5) is 6.77. The minimum atomic E-state index is 0.445. The Balaban J connectivity index is 2.56. The number of hydrogen-bond donors (Lipinski definition) is 1. The number of pyridine rings is 1. The summed E-state index contributed by atoms with van der Waals surface area (Å²) in [6.07, 6.45) is 2.95. The summed E-state index contributed by atoms with van der Waals surface area (Å²) in [6, 6.07) is 6.64. The van der Waals surface area contributed by atoms with Gasteiger partial charge in [0.15, 0.2) is 0 Å². The van der Waals surface area contributed by atoms with Crippen LogP contribution in [-0.2, 0) is 4.74 Å². The summed E-state index contributed by atoms with van der Waals surface area (Å²) in [6.45, 7) is 8.03. The summed E-state index contributed by atoms with van der Waals surface area (Å²) in [5, 5.41) is 2.18. The van der Waals surface area contributed by atoms with Crippen LogP contribution in [0.15, 0.2) is 24.4 Å². The van der Waals surface area contributed by atoms with E-state index in [4.69, 9.17) is 10.5 Å². The lowest BCUT2D eigenvalue weighted by Gasteiger charge is -2.32. The standard InChI is InChI=1S/C17H25N3O/c1-5-13(3)20(8-9-21-4)17-7-6-16(18)15-11-19-12(2)10-14(15)17/h6-7,10-11,13H,5,8-9,18H2,1-4H3. The Morgan fingerprint density at radius 2 is 2.10 bits per heavy atom. The van der Waals surface area contributed by atoms with Gasteiger partial charge in [-0.05, 0) is 38.5 Å². The van der Waals surface area contributed by atoms with E-state index >= 15 is 0 Å². The average molecular weight is 287 g/mol. The van der Waals surface area contributed by atoms with Crippen LogP contribution in [0.4, 0.5) is 11.4 Å². The van der Waals surface area contributed by atoms with Crippen LogP contribution in [0.5, 0.6) is 0 Å². The quantitative estimate of drug-likeness (QED) is 0.828. The van der Waals surface area contributed by atoms with Gasteiger partial charge >= 0.3 is 0 Å².